The molecule has 0 bridgehead atoms. The summed E-state index contributed by atoms with van der Waals surface area (Å²) in [5.74, 6) is 2.17. The zero-order chi connectivity index (χ0) is 17.4. The average molecular weight is 346 g/mol. The molecule has 138 valence electrons. The molecule has 6 heteroatoms. The Bertz CT molecular complexity index is 615. The second-order valence-corrected chi connectivity index (χ2v) is 8.48. The quantitative estimate of drug-likeness (QED) is 0.824. The van der Waals surface area contributed by atoms with Gasteiger partial charge < -0.3 is 9.42 Å². The summed E-state index contributed by atoms with van der Waals surface area (Å²) in [5, 5.41) is 3.95. The lowest BCUT2D eigenvalue weighted by Gasteiger charge is -2.40. The van der Waals surface area contributed by atoms with E-state index in [0.29, 0.717) is 23.1 Å². The highest BCUT2D eigenvalue weighted by Gasteiger charge is 2.47. The molecule has 0 N–H and O–H groups in total. The van der Waals surface area contributed by atoms with Gasteiger partial charge in [-0.2, -0.15) is 4.98 Å². The van der Waals surface area contributed by atoms with Crippen LogP contribution >= 0.6 is 0 Å². The Labute approximate surface area is 149 Å². The Kier molecular flexibility index (Phi) is 4.56. The molecule has 1 aromatic heterocycles. The van der Waals surface area contributed by atoms with E-state index in [1.807, 2.05) is 6.92 Å². The Morgan fingerprint density at radius 3 is 2.56 bits per heavy atom. The van der Waals surface area contributed by atoms with Crippen LogP contribution in [-0.2, 0) is 4.79 Å². The number of aryl methyl sites for hydroxylation is 1. The number of aromatic nitrogens is 2. The normalized spacial score (nSPS) is 27.9. The molecule has 1 atom stereocenters. The van der Waals surface area contributed by atoms with E-state index in [9.17, 15) is 4.79 Å². The van der Waals surface area contributed by atoms with E-state index in [4.69, 9.17) is 4.52 Å². The summed E-state index contributed by atoms with van der Waals surface area (Å²) in [4.78, 5) is 21.7. The van der Waals surface area contributed by atoms with Gasteiger partial charge in [0.15, 0.2) is 5.82 Å². The van der Waals surface area contributed by atoms with Crippen molar-refractivity contribution in [1.82, 2.24) is 19.9 Å². The van der Waals surface area contributed by atoms with Gasteiger partial charge in [0, 0.05) is 25.6 Å². The van der Waals surface area contributed by atoms with Crippen molar-refractivity contribution in [2.24, 2.45) is 11.3 Å². The van der Waals surface area contributed by atoms with E-state index in [0.717, 1.165) is 57.6 Å². The number of hydrogen-bond donors (Lipinski definition) is 0. The largest absolute Gasteiger partial charge is 0.342 e. The molecule has 0 aromatic carbocycles. The predicted molar refractivity (Wildman–Crippen MR) is 93.8 cm³/mol. The van der Waals surface area contributed by atoms with Crippen LogP contribution < -0.4 is 0 Å². The molecule has 2 saturated heterocycles. The van der Waals surface area contributed by atoms with Gasteiger partial charge in [-0.1, -0.05) is 24.4 Å². The first kappa shape index (κ1) is 17.0. The van der Waals surface area contributed by atoms with Crippen molar-refractivity contribution in [3.8, 4) is 0 Å². The maximum atomic E-state index is 12.8. The molecular formula is C19H30N4O2. The molecular weight excluding hydrogens is 316 g/mol. The maximum Gasteiger partial charge on any atom is 0.243 e. The van der Waals surface area contributed by atoms with Crippen LogP contribution in [-0.4, -0.2) is 52.5 Å². The predicted octanol–water partition coefficient (Wildman–Crippen LogP) is 2.94. The monoisotopic (exact) mass is 346 g/mol. The fraction of sp³-hybridized carbons (Fsp3) is 0.842. The molecule has 3 fully saturated rings. The minimum Gasteiger partial charge on any atom is -0.342 e. The second-order valence-electron chi connectivity index (χ2n) is 8.48. The number of amides is 1. The van der Waals surface area contributed by atoms with Crippen molar-refractivity contribution in [3.63, 3.8) is 0 Å². The van der Waals surface area contributed by atoms with Crippen molar-refractivity contribution in [2.75, 3.05) is 26.7 Å². The SMILES string of the molecule is Cc1noc(C2CC3(CCN(C(=O)C4CCCCC4)CC3)CN2C)n1. The summed E-state index contributed by atoms with van der Waals surface area (Å²) in [5.41, 5.74) is 0.297. The second kappa shape index (κ2) is 6.71. The van der Waals surface area contributed by atoms with Crippen LogP contribution in [0, 0.1) is 18.3 Å². The van der Waals surface area contributed by atoms with Crippen molar-refractivity contribution in [2.45, 2.75) is 64.3 Å². The highest BCUT2D eigenvalue weighted by molar-refractivity contribution is 5.79. The van der Waals surface area contributed by atoms with Gasteiger partial charge in [-0.25, -0.2) is 0 Å². The molecule has 1 unspecified atom stereocenters. The molecule has 1 spiro atoms. The zero-order valence-corrected chi connectivity index (χ0v) is 15.5. The van der Waals surface area contributed by atoms with Crippen LogP contribution in [0.15, 0.2) is 4.52 Å². The lowest BCUT2D eigenvalue weighted by atomic mass is 9.76. The topological polar surface area (TPSA) is 62.5 Å². The van der Waals surface area contributed by atoms with Crippen molar-refractivity contribution < 1.29 is 9.32 Å². The fourth-order valence-corrected chi connectivity index (χ4v) is 5.17. The van der Waals surface area contributed by atoms with E-state index in [1.54, 1.807) is 0 Å². The van der Waals surface area contributed by atoms with E-state index in [2.05, 4.69) is 27.0 Å². The zero-order valence-electron chi connectivity index (χ0n) is 15.5. The van der Waals surface area contributed by atoms with Gasteiger partial charge in [0.1, 0.15) is 0 Å². The Morgan fingerprint density at radius 2 is 1.92 bits per heavy atom. The van der Waals surface area contributed by atoms with Crippen LogP contribution in [0.4, 0.5) is 0 Å². The first-order chi connectivity index (χ1) is 12.1. The molecule has 1 amide bonds. The number of rotatable bonds is 2. The van der Waals surface area contributed by atoms with E-state index < -0.39 is 0 Å². The number of likely N-dealkylation sites (tertiary alicyclic amines) is 2. The third-order valence-electron chi connectivity index (χ3n) is 6.66. The van der Waals surface area contributed by atoms with Gasteiger partial charge >= 0.3 is 0 Å². The van der Waals surface area contributed by atoms with Gasteiger partial charge in [0.05, 0.1) is 6.04 Å². The molecule has 1 aromatic rings. The molecule has 1 aliphatic carbocycles. The van der Waals surface area contributed by atoms with E-state index in [1.165, 1.54) is 19.3 Å². The third-order valence-corrected chi connectivity index (χ3v) is 6.66. The smallest absolute Gasteiger partial charge is 0.243 e. The number of hydrogen-bond acceptors (Lipinski definition) is 5. The van der Waals surface area contributed by atoms with Gasteiger partial charge in [0.2, 0.25) is 11.8 Å². The Balaban J connectivity index is 1.37. The average Bonchev–Trinajstić information content (AvgIpc) is 3.19. The van der Waals surface area contributed by atoms with E-state index >= 15 is 0 Å². The van der Waals surface area contributed by atoms with Crippen LogP contribution in [0.2, 0.25) is 0 Å². The lowest BCUT2D eigenvalue weighted by molar-refractivity contribution is -0.138. The van der Waals surface area contributed by atoms with Crippen molar-refractivity contribution in [3.05, 3.63) is 11.7 Å². The molecule has 25 heavy (non-hydrogen) atoms. The highest BCUT2D eigenvalue weighted by Crippen LogP contribution is 2.48. The van der Waals surface area contributed by atoms with Gasteiger partial charge in [0.25, 0.3) is 0 Å². The van der Waals surface area contributed by atoms with Crippen LogP contribution in [0.1, 0.15) is 69.1 Å². The highest BCUT2D eigenvalue weighted by atomic mass is 16.5. The molecule has 1 saturated carbocycles. The minimum atomic E-state index is 0.224. The number of nitrogens with zero attached hydrogens (tertiary/aromatic N) is 4. The standard InChI is InChI=1S/C19H30N4O2/c1-14-20-17(25-21-14)16-12-19(13-22(16)2)8-10-23(11-9-19)18(24)15-6-4-3-5-7-15/h15-16H,3-13H2,1-2H3. The van der Waals surface area contributed by atoms with Crippen LogP contribution in [0.5, 0.6) is 0 Å². The fourth-order valence-electron chi connectivity index (χ4n) is 5.17. The molecule has 3 heterocycles. The Hall–Kier alpha value is -1.43. The van der Waals surface area contributed by atoms with Gasteiger partial charge in [-0.3, -0.25) is 9.69 Å². The van der Waals surface area contributed by atoms with Crippen molar-refractivity contribution >= 4 is 5.91 Å². The van der Waals surface area contributed by atoms with Crippen molar-refractivity contribution in [1.29, 1.82) is 0 Å². The molecule has 2 aliphatic heterocycles. The number of piperidine rings is 1. The first-order valence-corrected chi connectivity index (χ1v) is 9.86. The summed E-state index contributed by atoms with van der Waals surface area (Å²) < 4.78 is 5.42. The molecule has 4 rings (SSSR count). The Morgan fingerprint density at radius 1 is 1.20 bits per heavy atom. The van der Waals surface area contributed by atoms with E-state index in [-0.39, 0.29) is 6.04 Å². The molecule has 0 radical (unpaired) electrons. The first-order valence-electron chi connectivity index (χ1n) is 9.86. The van der Waals surface area contributed by atoms with Crippen LogP contribution in [0.3, 0.4) is 0 Å². The number of carbonyl (C=O) groups is 1. The summed E-state index contributed by atoms with van der Waals surface area (Å²) >= 11 is 0. The lowest BCUT2D eigenvalue weighted by Crippen LogP contribution is -2.46. The van der Waals surface area contributed by atoms with Gasteiger partial charge in [-0.05, 0) is 51.5 Å². The summed E-state index contributed by atoms with van der Waals surface area (Å²) in [6.07, 6.45) is 9.21. The summed E-state index contributed by atoms with van der Waals surface area (Å²) in [6.45, 7) is 4.76. The molecule has 3 aliphatic rings. The number of carbonyl (C=O) groups excluding carboxylic acids is 1. The third kappa shape index (κ3) is 3.33. The van der Waals surface area contributed by atoms with Gasteiger partial charge in [-0.15, -0.1) is 0 Å². The summed E-state index contributed by atoms with van der Waals surface area (Å²) in [6, 6.07) is 0.224. The maximum absolute atomic E-state index is 12.8. The summed E-state index contributed by atoms with van der Waals surface area (Å²) in [7, 11) is 2.15. The molecule has 6 nitrogen and oxygen atoms in total. The minimum absolute atomic E-state index is 0.224. The van der Waals surface area contributed by atoms with Crippen LogP contribution in [0.25, 0.3) is 0 Å².